The minimum atomic E-state index is -0.103. The minimum Gasteiger partial charge on any atom is -0.390 e. The Hall–Kier alpha value is -1.81. The second-order valence-electron chi connectivity index (χ2n) is 5.34. The van der Waals surface area contributed by atoms with Crippen molar-refractivity contribution >= 4 is 22.2 Å². The van der Waals surface area contributed by atoms with Gasteiger partial charge in [-0.05, 0) is 38.8 Å². The van der Waals surface area contributed by atoms with E-state index in [9.17, 15) is 4.79 Å². The molecule has 0 saturated heterocycles. The lowest BCUT2D eigenvalue weighted by Gasteiger charge is -2.12. The SMILES string of the molecule is Cc1ccc(-c2csc(N)c2C(=O)NC(C)C)c(C)c1. The summed E-state index contributed by atoms with van der Waals surface area (Å²) in [7, 11) is 0. The van der Waals surface area contributed by atoms with Crippen molar-refractivity contribution in [3.05, 3.63) is 40.3 Å². The largest absolute Gasteiger partial charge is 0.390 e. The number of nitrogens with two attached hydrogens (primary N) is 1. The van der Waals surface area contributed by atoms with Crippen molar-refractivity contribution in [3.8, 4) is 11.1 Å². The van der Waals surface area contributed by atoms with Gasteiger partial charge in [0.25, 0.3) is 5.91 Å². The maximum absolute atomic E-state index is 12.3. The van der Waals surface area contributed by atoms with Gasteiger partial charge in [-0.1, -0.05) is 23.8 Å². The minimum absolute atomic E-state index is 0.0914. The first kappa shape index (κ1) is 14.6. The molecule has 106 valence electrons. The Bertz CT molecular complexity index is 644. The van der Waals surface area contributed by atoms with Gasteiger partial charge in [-0.25, -0.2) is 0 Å². The first-order valence-corrected chi connectivity index (χ1v) is 7.53. The van der Waals surface area contributed by atoms with Crippen molar-refractivity contribution in [2.45, 2.75) is 33.7 Å². The lowest BCUT2D eigenvalue weighted by molar-refractivity contribution is 0.0945. The van der Waals surface area contributed by atoms with Crippen molar-refractivity contribution in [2.75, 3.05) is 5.73 Å². The van der Waals surface area contributed by atoms with Crippen molar-refractivity contribution in [1.29, 1.82) is 0 Å². The highest BCUT2D eigenvalue weighted by Gasteiger charge is 2.20. The molecule has 0 aliphatic heterocycles. The Morgan fingerprint density at radius 3 is 2.55 bits per heavy atom. The summed E-state index contributed by atoms with van der Waals surface area (Å²) in [5.41, 5.74) is 10.9. The van der Waals surface area contributed by atoms with Crippen LogP contribution in [0.25, 0.3) is 11.1 Å². The van der Waals surface area contributed by atoms with E-state index in [0.29, 0.717) is 10.6 Å². The molecule has 1 heterocycles. The summed E-state index contributed by atoms with van der Waals surface area (Å²) >= 11 is 1.41. The van der Waals surface area contributed by atoms with E-state index in [1.165, 1.54) is 16.9 Å². The summed E-state index contributed by atoms with van der Waals surface area (Å²) in [5, 5.41) is 5.44. The van der Waals surface area contributed by atoms with Gasteiger partial charge in [0, 0.05) is 17.0 Å². The summed E-state index contributed by atoms with van der Waals surface area (Å²) in [6, 6.07) is 6.32. The van der Waals surface area contributed by atoms with Crippen LogP contribution in [0.3, 0.4) is 0 Å². The van der Waals surface area contributed by atoms with Gasteiger partial charge in [0.05, 0.1) is 10.6 Å². The van der Waals surface area contributed by atoms with E-state index in [0.717, 1.165) is 16.7 Å². The van der Waals surface area contributed by atoms with Crippen LogP contribution in [0.2, 0.25) is 0 Å². The molecule has 0 unspecified atom stereocenters. The first-order valence-electron chi connectivity index (χ1n) is 6.65. The number of benzene rings is 1. The molecule has 0 aliphatic rings. The molecule has 4 heteroatoms. The van der Waals surface area contributed by atoms with Gasteiger partial charge >= 0.3 is 0 Å². The molecule has 0 spiro atoms. The quantitative estimate of drug-likeness (QED) is 0.903. The zero-order valence-electron chi connectivity index (χ0n) is 12.3. The lowest BCUT2D eigenvalue weighted by Crippen LogP contribution is -2.30. The molecule has 1 aromatic carbocycles. The molecular weight excluding hydrogens is 268 g/mol. The summed E-state index contributed by atoms with van der Waals surface area (Å²) in [6.07, 6.45) is 0. The Morgan fingerprint density at radius 2 is 1.95 bits per heavy atom. The predicted octanol–water partition coefficient (Wildman–Crippen LogP) is 3.75. The van der Waals surface area contributed by atoms with E-state index in [-0.39, 0.29) is 11.9 Å². The smallest absolute Gasteiger partial charge is 0.255 e. The van der Waals surface area contributed by atoms with E-state index in [1.54, 1.807) is 0 Å². The van der Waals surface area contributed by atoms with Gasteiger partial charge in [0.1, 0.15) is 0 Å². The standard InChI is InChI=1S/C16H20N2OS/c1-9(2)18-16(19)14-13(8-20-15(14)17)12-6-5-10(3)7-11(12)4/h5-9H,17H2,1-4H3,(H,18,19). The lowest BCUT2D eigenvalue weighted by atomic mass is 9.97. The number of carbonyl (C=O) groups is 1. The molecule has 0 bridgehead atoms. The zero-order chi connectivity index (χ0) is 14.9. The van der Waals surface area contributed by atoms with Crippen LogP contribution in [0, 0.1) is 13.8 Å². The molecule has 2 rings (SSSR count). The Labute approximate surface area is 123 Å². The molecular formula is C16H20N2OS. The average molecular weight is 288 g/mol. The van der Waals surface area contributed by atoms with Gasteiger partial charge < -0.3 is 11.1 Å². The summed E-state index contributed by atoms with van der Waals surface area (Å²) in [5.74, 6) is -0.103. The maximum atomic E-state index is 12.3. The third-order valence-corrected chi connectivity index (χ3v) is 3.95. The summed E-state index contributed by atoms with van der Waals surface area (Å²) in [4.78, 5) is 12.3. The molecule has 0 atom stereocenters. The molecule has 0 radical (unpaired) electrons. The van der Waals surface area contributed by atoms with E-state index in [2.05, 4.69) is 37.4 Å². The fraction of sp³-hybridized carbons (Fsp3) is 0.312. The highest BCUT2D eigenvalue weighted by Crippen LogP contribution is 2.35. The number of aryl methyl sites for hydroxylation is 2. The summed E-state index contributed by atoms with van der Waals surface area (Å²) in [6.45, 7) is 8.00. The number of rotatable bonds is 3. The Morgan fingerprint density at radius 1 is 1.25 bits per heavy atom. The summed E-state index contributed by atoms with van der Waals surface area (Å²) < 4.78 is 0. The number of anilines is 1. The molecule has 3 N–H and O–H groups in total. The highest BCUT2D eigenvalue weighted by molar-refractivity contribution is 7.15. The highest BCUT2D eigenvalue weighted by atomic mass is 32.1. The fourth-order valence-corrected chi connectivity index (χ4v) is 3.07. The second-order valence-corrected chi connectivity index (χ2v) is 6.25. The zero-order valence-corrected chi connectivity index (χ0v) is 13.1. The van der Waals surface area contributed by atoms with Crippen LogP contribution in [0.4, 0.5) is 5.00 Å². The van der Waals surface area contributed by atoms with Gasteiger partial charge in [-0.3, -0.25) is 4.79 Å². The van der Waals surface area contributed by atoms with Crippen LogP contribution in [-0.2, 0) is 0 Å². The molecule has 1 amide bonds. The van der Waals surface area contributed by atoms with E-state index >= 15 is 0 Å². The van der Waals surface area contributed by atoms with Gasteiger partial charge in [-0.15, -0.1) is 11.3 Å². The van der Waals surface area contributed by atoms with Gasteiger partial charge in [-0.2, -0.15) is 0 Å². The molecule has 0 aliphatic carbocycles. The topological polar surface area (TPSA) is 55.1 Å². The average Bonchev–Trinajstić information content (AvgIpc) is 2.70. The van der Waals surface area contributed by atoms with Crippen molar-refractivity contribution < 1.29 is 4.79 Å². The van der Waals surface area contributed by atoms with Crippen LogP contribution in [-0.4, -0.2) is 11.9 Å². The number of nitrogen functional groups attached to an aromatic ring is 1. The predicted molar refractivity (Wildman–Crippen MR) is 86.2 cm³/mol. The van der Waals surface area contributed by atoms with Crippen molar-refractivity contribution in [2.24, 2.45) is 0 Å². The van der Waals surface area contributed by atoms with E-state index in [4.69, 9.17) is 5.73 Å². The maximum Gasteiger partial charge on any atom is 0.255 e. The third kappa shape index (κ3) is 2.85. The molecule has 1 aromatic heterocycles. The van der Waals surface area contributed by atoms with Crippen LogP contribution in [0.5, 0.6) is 0 Å². The Kier molecular flexibility index (Phi) is 4.14. The normalized spacial score (nSPS) is 10.8. The van der Waals surface area contributed by atoms with Crippen LogP contribution >= 0.6 is 11.3 Å². The molecule has 3 nitrogen and oxygen atoms in total. The molecule has 0 saturated carbocycles. The number of thiophene rings is 1. The molecule has 20 heavy (non-hydrogen) atoms. The number of carbonyl (C=O) groups excluding carboxylic acids is 1. The monoisotopic (exact) mass is 288 g/mol. The molecule has 0 fully saturated rings. The number of amides is 1. The van der Waals surface area contributed by atoms with Crippen molar-refractivity contribution in [1.82, 2.24) is 5.32 Å². The number of nitrogens with one attached hydrogen (secondary N) is 1. The molecule has 2 aromatic rings. The first-order chi connectivity index (χ1) is 9.40. The van der Waals surface area contributed by atoms with Crippen LogP contribution < -0.4 is 11.1 Å². The second kappa shape index (κ2) is 5.67. The fourth-order valence-electron chi connectivity index (χ4n) is 2.26. The van der Waals surface area contributed by atoms with Crippen LogP contribution in [0.15, 0.2) is 23.6 Å². The van der Waals surface area contributed by atoms with Gasteiger partial charge in [0.15, 0.2) is 0 Å². The third-order valence-electron chi connectivity index (χ3n) is 3.14. The van der Waals surface area contributed by atoms with E-state index < -0.39 is 0 Å². The van der Waals surface area contributed by atoms with Crippen LogP contribution in [0.1, 0.15) is 35.3 Å². The number of hydrogen-bond acceptors (Lipinski definition) is 3. The Balaban J connectivity index is 2.50. The van der Waals surface area contributed by atoms with Crippen molar-refractivity contribution in [3.63, 3.8) is 0 Å². The van der Waals surface area contributed by atoms with Gasteiger partial charge in [0.2, 0.25) is 0 Å². The number of hydrogen-bond donors (Lipinski definition) is 2. The van der Waals surface area contributed by atoms with E-state index in [1.807, 2.05) is 19.2 Å².